The molecular weight excluding hydrogens is 384 g/mol. The molecule has 25 heavy (non-hydrogen) atoms. The van der Waals surface area contributed by atoms with E-state index in [1.54, 1.807) is 7.11 Å². The Labute approximate surface area is 156 Å². The fraction of sp³-hybridized carbons (Fsp3) is 0.316. The van der Waals surface area contributed by atoms with E-state index in [0.717, 1.165) is 27.8 Å². The van der Waals surface area contributed by atoms with Crippen molar-refractivity contribution in [1.29, 1.82) is 0 Å². The molecule has 0 spiro atoms. The van der Waals surface area contributed by atoms with Gasteiger partial charge in [0.1, 0.15) is 0 Å². The summed E-state index contributed by atoms with van der Waals surface area (Å²) >= 11 is 3.53. The Balaban J connectivity index is 2.08. The van der Waals surface area contributed by atoms with Gasteiger partial charge in [0.15, 0.2) is 18.1 Å². The summed E-state index contributed by atoms with van der Waals surface area (Å²) in [4.78, 5) is 12.2. The summed E-state index contributed by atoms with van der Waals surface area (Å²) in [5.74, 6) is 0.941. The van der Waals surface area contributed by atoms with E-state index >= 15 is 0 Å². The predicted octanol–water partition coefficient (Wildman–Crippen LogP) is 3.89. The quantitative estimate of drug-likeness (QED) is 0.697. The van der Waals surface area contributed by atoms with Gasteiger partial charge in [0.2, 0.25) is 0 Å². The molecule has 0 radical (unpaired) electrons. The van der Waals surface area contributed by atoms with Gasteiger partial charge in [0.05, 0.1) is 7.11 Å². The molecule has 2 rings (SSSR count). The van der Waals surface area contributed by atoms with Gasteiger partial charge in [-0.15, -0.1) is 0 Å². The molecule has 0 bridgehead atoms. The fourth-order valence-electron chi connectivity index (χ4n) is 2.29. The van der Waals surface area contributed by atoms with Gasteiger partial charge in [-0.2, -0.15) is 0 Å². The van der Waals surface area contributed by atoms with E-state index in [2.05, 4.69) is 26.6 Å². The van der Waals surface area contributed by atoms with Crippen LogP contribution >= 0.6 is 15.9 Å². The summed E-state index contributed by atoms with van der Waals surface area (Å²) in [6.07, 6.45) is 0. The number of amides is 1. The number of aryl methyl sites for hydroxylation is 1. The van der Waals surface area contributed by atoms with Crippen LogP contribution in [0.4, 0.5) is 5.69 Å². The lowest BCUT2D eigenvalue weighted by atomic mass is 10.2. The largest absolute Gasteiger partial charge is 0.493 e. The third-order valence-electron chi connectivity index (χ3n) is 3.62. The minimum Gasteiger partial charge on any atom is -0.493 e. The molecule has 0 aromatic heterocycles. The Morgan fingerprint density at radius 2 is 1.88 bits per heavy atom. The molecule has 0 aliphatic heterocycles. The molecule has 2 aromatic carbocycles. The summed E-state index contributed by atoms with van der Waals surface area (Å²) in [6, 6.07) is 11.3. The predicted molar refractivity (Wildman–Crippen MR) is 103 cm³/mol. The van der Waals surface area contributed by atoms with E-state index in [-0.39, 0.29) is 12.5 Å². The average Bonchev–Trinajstić information content (AvgIpc) is 2.61. The smallest absolute Gasteiger partial charge is 0.262 e. The van der Waals surface area contributed by atoms with Crippen molar-refractivity contribution >= 4 is 27.5 Å². The van der Waals surface area contributed by atoms with Crippen LogP contribution in [-0.2, 0) is 11.3 Å². The van der Waals surface area contributed by atoms with Crippen LogP contribution in [0.3, 0.4) is 0 Å². The van der Waals surface area contributed by atoms with E-state index in [4.69, 9.17) is 9.47 Å². The standard InChI is InChI=1S/C19H23BrN2O3/c1-4-21-11-15-16(20)9-10-17(24-3)19(15)25-12-18(23)22-14-7-5-13(2)6-8-14/h5-10,21H,4,11-12H2,1-3H3,(H,22,23). The second-order valence-electron chi connectivity index (χ2n) is 5.54. The summed E-state index contributed by atoms with van der Waals surface area (Å²) < 4.78 is 12.1. The van der Waals surface area contributed by atoms with Crippen LogP contribution in [0.1, 0.15) is 18.1 Å². The Bertz CT molecular complexity index is 717. The molecule has 134 valence electrons. The van der Waals surface area contributed by atoms with E-state index in [0.29, 0.717) is 18.0 Å². The first-order valence-corrected chi connectivity index (χ1v) is 8.89. The highest BCUT2D eigenvalue weighted by atomic mass is 79.9. The van der Waals surface area contributed by atoms with Crippen molar-refractivity contribution in [2.24, 2.45) is 0 Å². The molecule has 0 unspecified atom stereocenters. The molecule has 6 heteroatoms. The number of halogens is 1. The van der Waals surface area contributed by atoms with Gasteiger partial charge in [0.25, 0.3) is 5.91 Å². The Kier molecular flexibility index (Phi) is 7.28. The molecule has 0 atom stereocenters. The number of ether oxygens (including phenoxy) is 2. The van der Waals surface area contributed by atoms with Crippen molar-refractivity contribution in [2.45, 2.75) is 20.4 Å². The average molecular weight is 407 g/mol. The van der Waals surface area contributed by atoms with Crippen molar-refractivity contribution in [1.82, 2.24) is 5.32 Å². The summed E-state index contributed by atoms with van der Waals surface area (Å²) in [5.41, 5.74) is 2.80. The first-order valence-electron chi connectivity index (χ1n) is 8.10. The van der Waals surface area contributed by atoms with E-state index in [1.165, 1.54) is 0 Å². The molecule has 0 saturated heterocycles. The number of hydrogen-bond acceptors (Lipinski definition) is 4. The Morgan fingerprint density at radius 3 is 2.52 bits per heavy atom. The van der Waals surface area contributed by atoms with Crippen LogP contribution in [0.5, 0.6) is 11.5 Å². The van der Waals surface area contributed by atoms with E-state index in [9.17, 15) is 4.79 Å². The number of nitrogens with one attached hydrogen (secondary N) is 2. The van der Waals surface area contributed by atoms with Crippen LogP contribution in [0, 0.1) is 6.92 Å². The number of rotatable bonds is 8. The molecule has 0 fully saturated rings. The first-order chi connectivity index (χ1) is 12.0. The summed E-state index contributed by atoms with van der Waals surface area (Å²) in [5, 5.41) is 6.09. The second kappa shape index (κ2) is 9.44. The van der Waals surface area contributed by atoms with Gasteiger partial charge in [-0.3, -0.25) is 4.79 Å². The van der Waals surface area contributed by atoms with Gasteiger partial charge < -0.3 is 20.1 Å². The van der Waals surface area contributed by atoms with Crippen LogP contribution in [-0.4, -0.2) is 26.2 Å². The van der Waals surface area contributed by atoms with Crippen LogP contribution in [0.2, 0.25) is 0 Å². The highest BCUT2D eigenvalue weighted by Crippen LogP contribution is 2.36. The molecule has 0 saturated carbocycles. The normalized spacial score (nSPS) is 10.4. The van der Waals surface area contributed by atoms with Gasteiger partial charge >= 0.3 is 0 Å². The molecule has 0 aliphatic rings. The minimum atomic E-state index is -0.222. The highest BCUT2D eigenvalue weighted by molar-refractivity contribution is 9.10. The van der Waals surface area contributed by atoms with Gasteiger partial charge in [-0.05, 0) is 37.7 Å². The molecule has 0 heterocycles. The highest BCUT2D eigenvalue weighted by Gasteiger charge is 2.16. The lowest BCUT2D eigenvalue weighted by molar-refractivity contribution is -0.118. The number of hydrogen-bond donors (Lipinski definition) is 2. The molecule has 2 aromatic rings. The summed E-state index contributed by atoms with van der Waals surface area (Å²) in [7, 11) is 1.58. The van der Waals surface area contributed by atoms with Crippen LogP contribution in [0.15, 0.2) is 40.9 Å². The zero-order valence-corrected chi connectivity index (χ0v) is 16.3. The summed E-state index contributed by atoms with van der Waals surface area (Å²) in [6.45, 7) is 5.38. The number of methoxy groups -OCH3 is 1. The fourth-order valence-corrected chi connectivity index (χ4v) is 2.74. The zero-order chi connectivity index (χ0) is 18.2. The number of carbonyl (C=O) groups is 1. The van der Waals surface area contributed by atoms with Crippen molar-refractivity contribution in [3.63, 3.8) is 0 Å². The Hall–Kier alpha value is -2.05. The van der Waals surface area contributed by atoms with Crippen molar-refractivity contribution in [2.75, 3.05) is 25.6 Å². The molecule has 1 amide bonds. The van der Waals surface area contributed by atoms with Crippen molar-refractivity contribution < 1.29 is 14.3 Å². The Morgan fingerprint density at radius 1 is 1.16 bits per heavy atom. The third-order valence-corrected chi connectivity index (χ3v) is 4.36. The number of benzene rings is 2. The molecule has 0 aliphatic carbocycles. The van der Waals surface area contributed by atoms with Crippen LogP contribution in [0.25, 0.3) is 0 Å². The third kappa shape index (κ3) is 5.47. The van der Waals surface area contributed by atoms with Crippen molar-refractivity contribution in [3.8, 4) is 11.5 Å². The minimum absolute atomic E-state index is 0.0974. The lowest BCUT2D eigenvalue weighted by Gasteiger charge is -2.17. The lowest BCUT2D eigenvalue weighted by Crippen LogP contribution is -2.21. The maximum Gasteiger partial charge on any atom is 0.262 e. The first kappa shape index (κ1) is 19.3. The topological polar surface area (TPSA) is 59.6 Å². The number of anilines is 1. The maximum atomic E-state index is 12.2. The monoisotopic (exact) mass is 406 g/mol. The second-order valence-corrected chi connectivity index (χ2v) is 6.39. The van der Waals surface area contributed by atoms with Crippen molar-refractivity contribution in [3.05, 3.63) is 52.0 Å². The van der Waals surface area contributed by atoms with E-state index in [1.807, 2.05) is 50.2 Å². The van der Waals surface area contributed by atoms with Gasteiger partial charge in [0, 0.05) is 22.3 Å². The van der Waals surface area contributed by atoms with Crippen LogP contribution < -0.4 is 20.1 Å². The zero-order valence-electron chi connectivity index (χ0n) is 14.7. The molecule has 2 N–H and O–H groups in total. The molecular formula is C19H23BrN2O3. The molecule has 5 nitrogen and oxygen atoms in total. The van der Waals surface area contributed by atoms with E-state index < -0.39 is 0 Å². The number of carbonyl (C=O) groups excluding carboxylic acids is 1. The maximum absolute atomic E-state index is 12.2. The SMILES string of the molecule is CCNCc1c(Br)ccc(OC)c1OCC(=O)Nc1ccc(C)cc1. The van der Waals surface area contributed by atoms with Gasteiger partial charge in [-0.1, -0.05) is 40.5 Å². The van der Waals surface area contributed by atoms with Gasteiger partial charge in [-0.25, -0.2) is 0 Å².